The van der Waals surface area contributed by atoms with Crippen molar-refractivity contribution in [3.63, 3.8) is 0 Å². The molecule has 0 aliphatic heterocycles. The number of hydrogen-bond donors (Lipinski definition) is 1. The van der Waals surface area contributed by atoms with Crippen molar-refractivity contribution in [1.29, 1.82) is 0 Å². The molecule has 0 fully saturated rings. The Kier molecular flexibility index (Phi) is 3.36. The largest absolute Gasteiger partial charge is 0.495 e. The quantitative estimate of drug-likeness (QED) is 0.911. The van der Waals surface area contributed by atoms with Crippen LogP contribution in [0.25, 0.3) is 11.3 Å². The van der Waals surface area contributed by atoms with Crippen LogP contribution in [0.2, 0.25) is 10.0 Å². The Morgan fingerprint density at radius 2 is 2.00 bits per heavy atom. The average Bonchev–Trinajstić information content (AvgIpc) is 2.34. The number of benzene rings is 1. The molecule has 4 nitrogen and oxygen atoms in total. The van der Waals surface area contributed by atoms with Gasteiger partial charge in [0.15, 0.2) is 0 Å². The lowest BCUT2D eigenvalue weighted by molar-refractivity contribution is 0.415. The maximum atomic E-state index is 6.04. The average molecular weight is 270 g/mol. The second kappa shape index (κ2) is 4.77. The molecule has 0 atom stereocenters. The number of nitrogens with two attached hydrogens (primary N) is 1. The molecule has 1 aromatic heterocycles. The summed E-state index contributed by atoms with van der Waals surface area (Å²) in [5, 5.41) is 0.839. The van der Waals surface area contributed by atoms with Crippen molar-refractivity contribution >= 4 is 29.0 Å². The number of aromatic nitrogens is 2. The molecule has 2 N–H and O–H groups in total. The van der Waals surface area contributed by atoms with E-state index in [4.69, 9.17) is 33.7 Å². The number of ether oxygens (including phenoxy) is 1. The van der Waals surface area contributed by atoms with E-state index in [9.17, 15) is 0 Å². The molecule has 2 aromatic rings. The number of hydrogen-bond acceptors (Lipinski definition) is 4. The summed E-state index contributed by atoms with van der Waals surface area (Å²) >= 11 is 12.0. The number of nitrogen functional groups attached to an aromatic ring is 1. The van der Waals surface area contributed by atoms with Gasteiger partial charge >= 0.3 is 0 Å². The first-order chi connectivity index (χ1) is 8.13. The summed E-state index contributed by atoms with van der Waals surface area (Å²) in [7, 11) is 1.54. The molecule has 0 spiro atoms. The predicted molar refractivity (Wildman–Crippen MR) is 68.5 cm³/mol. The van der Waals surface area contributed by atoms with E-state index in [-0.39, 0.29) is 5.82 Å². The maximum absolute atomic E-state index is 6.04. The van der Waals surface area contributed by atoms with Crippen molar-refractivity contribution in [1.82, 2.24) is 9.97 Å². The number of methoxy groups -OCH3 is 1. The van der Waals surface area contributed by atoms with Crippen LogP contribution in [0, 0.1) is 0 Å². The number of halogens is 2. The molecule has 0 saturated carbocycles. The van der Waals surface area contributed by atoms with Crippen LogP contribution in [0.4, 0.5) is 5.82 Å². The maximum Gasteiger partial charge on any atom is 0.146 e. The lowest BCUT2D eigenvalue weighted by Gasteiger charge is -2.08. The van der Waals surface area contributed by atoms with Gasteiger partial charge in [-0.1, -0.05) is 29.3 Å². The molecule has 6 heteroatoms. The third-order valence-corrected chi connectivity index (χ3v) is 2.93. The molecule has 0 radical (unpaired) electrons. The van der Waals surface area contributed by atoms with Gasteiger partial charge in [-0.2, -0.15) is 0 Å². The first kappa shape index (κ1) is 12.0. The van der Waals surface area contributed by atoms with E-state index in [2.05, 4.69) is 9.97 Å². The van der Waals surface area contributed by atoms with E-state index in [1.54, 1.807) is 25.3 Å². The van der Waals surface area contributed by atoms with Gasteiger partial charge in [-0.05, 0) is 12.1 Å². The Hall–Kier alpha value is -1.52. The second-order valence-corrected chi connectivity index (χ2v) is 4.06. The third kappa shape index (κ3) is 2.28. The number of rotatable bonds is 2. The smallest absolute Gasteiger partial charge is 0.146 e. The van der Waals surface area contributed by atoms with Crippen molar-refractivity contribution in [3.8, 4) is 17.0 Å². The highest BCUT2D eigenvalue weighted by Crippen LogP contribution is 2.33. The fourth-order valence-corrected chi connectivity index (χ4v) is 1.79. The fourth-order valence-electron chi connectivity index (χ4n) is 1.39. The summed E-state index contributed by atoms with van der Waals surface area (Å²) < 4.78 is 5.13. The van der Waals surface area contributed by atoms with Crippen LogP contribution < -0.4 is 10.5 Å². The molecule has 0 saturated heterocycles. The summed E-state index contributed by atoms with van der Waals surface area (Å²) in [6.45, 7) is 0. The fraction of sp³-hybridized carbons (Fsp3) is 0.0909. The van der Waals surface area contributed by atoms with Crippen LogP contribution in [-0.4, -0.2) is 17.1 Å². The first-order valence-electron chi connectivity index (χ1n) is 4.73. The zero-order chi connectivity index (χ0) is 12.4. The monoisotopic (exact) mass is 269 g/mol. The Balaban J connectivity index is 2.57. The molecule has 0 aliphatic carbocycles. The van der Waals surface area contributed by atoms with Crippen molar-refractivity contribution in [2.24, 2.45) is 0 Å². The van der Waals surface area contributed by atoms with Crippen LogP contribution in [0.1, 0.15) is 0 Å². The van der Waals surface area contributed by atoms with Crippen LogP contribution in [0.15, 0.2) is 24.5 Å². The van der Waals surface area contributed by atoms with Gasteiger partial charge in [-0.15, -0.1) is 0 Å². The van der Waals surface area contributed by atoms with Gasteiger partial charge in [-0.3, -0.25) is 0 Å². The molecular weight excluding hydrogens is 261 g/mol. The van der Waals surface area contributed by atoms with E-state index < -0.39 is 0 Å². The van der Waals surface area contributed by atoms with Gasteiger partial charge in [0.2, 0.25) is 0 Å². The van der Waals surface area contributed by atoms with Crippen molar-refractivity contribution in [2.75, 3.05) is 12.8 Å². The molecule has 0 amide bonds. The molecule has 88 valence electrons. The second-order valence-electron chi connectivity index (χ2n) is 3.27. The Labute approximate surface area is 108 Å². The highest BCUT2D eigenvalue weighted by molar-refractivity contribution is 6.35. The van der Waals surface area contributed by atoms with Gasteiger partial charge in [0.1, 0.15) is 22.9 Å². The topological polar surface area (TPSA) is 61.0 Å². The SMILES string of the molecule is COc1cc(-c2ncnc(N)c2Cl)ccc1Cl. The van der Waals surface area contributed by atoms with E-state index in [1.807, 2.05) is 0 Å². The summed E-state index contributed by atoms with van der Waals surface area (Å²) in [5.74, 6) is 0.794. The molecule has 2 rings (SSSR count). The molecule has 17 heavy (non-hydrogen) atoms. The molecule has 1 aromatic carbocycles. The van der Waals surface area contributed by atoms with E-state index >= 15 is 0 Å². The number of anilines is 1. The van der Waals surface area contributed by atoms with E-state index in [0.717, 1.165) is 5.56 Å². The van der Waals surface area contributed by atoms with Crippen LogP contribution in [-0.2, 0) is 0 Å². The van der Waals surface area contributed by atoms with Gasteiger partial charge < -0.3 is 10.5 Å². The lowest BCUT2D eigenvalue weighted by atomic mass is 10.1. The van der Waals surface area contributed by atoms with Crippen molar-refractivity contribution in [3.05, 3.63) is 34.6 Å². The van der Waals surface area contributed by atoms with Gasteiger partial charge in [0, 0.05) is 5.56 Å². The van der Waals surface area contributed by atoms with E-state index in [0.29, 0.717) is 21.5 Å². The molecule has 1 heterocycles. The molecule has 0 aliphatic rings. The summed E-state index contributed by atoms with van der Waals surface area (Å²) in [5.41, 5.74) is 6.94. The minimum Gasteiger partial charge on any atom is -0.495 e. The summed E-state index contributed by atoms with van der Waals surface area (Å²) in [4.78, 5) is 7.90. The van der Waals surface area contributed by atoms with Crippen molar-refractivity contribution in [2.45, 2.75) is 0 Å². The van der Waals surface area contributed by atoms with Crippen molar-refractivity contribution < 1.29 is 4.74 Å². The minimum atomic E-state index is 0.241. The lowest BCUT2D eigenvalue weighted by Crippen LogP contribution is -1.95. The highest BCUT2D eigenvalue weighted by Gasteiger charge is 2.11. The molecular formula is C11H9Cl2N3O. The molecule has 0 bridgehead atoms. The summed E-state index contributed by atoms with van der Waals surface area (Å²) in [6, 6.07) is 5.25. The third-order valence-electron chi connectivity index (χ3n) is 2.24. The van der Waals surface area contributed by atoms with Gasteiger partial charge in [0.25, 0.3) is 0 Å². The Morgan fingerprint density at radius 1 is 1.24 bits per heavy atom. The minimum absolute atomic E-state index is 0.241. The van der Waals surface area contributed by atoms with Crippen LogP contribution >= 0.6 is 23.2 Å². The normalized spacial score (nSPS) is 10.3. The Morgan fingerprint density at radius 3 is 2.71 bits per heavy atom. The molecule has 0 unspecified atom stereocenters. The van der Waals surface area contributed by atoms with Gasteiger partial charge in [-0.25, -0.2) is 9.97 Å². The summed E-state index contributed by atoms with van der Waals surface area (Å²) in [6.07, 6.45) is 1.36. The standard InChI is InChI=1S/C11H9Cl2N3O/c1-17-8-4-6(2-3-7(8)12)10-9(13)11(14)16-5-15-10/h2-5H,1H3,(H2,14,15,16). The highest BCUT2D eigenvalue weighted by atomic mass is 35.5. The number of nitrogens with zero attached hydrogens (tertiary/aromatic N) is 2. The zero-order valence-corrected chi connectivity index (χ0v) is 10.5. The zero-order valence-electron chi connectivity index (χ0n) is 8.95. The van der Waals surface area contributed by atoms with Gasteiger partial charge in [0.05, 0.1) is 17.8 Å². The van der Waals surface area contributed by atoms with Crippen LogP contribution in [0.3, 0.4) is 0 Å². The van der Waals surface area contributed by atoms with E-state index in [1.165, 1.54) is 6.33 Å². The predicted octanol–water partition coefficient (Wildman–Crippen LogP) is 3.04. The van der Waals surface area contributed by atoms with Crippen LogP contribution in [0.5, 0.6) is 5.75 Å². The Bertz CT molecular complexity index is 560. The first-order valence-corrected chi connectivity index (χ1v) is 5.49.